The zero-order valence-corrected chi connectivity index (χ0v) is 16.5. The number of nitrogens with one attached hydrogen (secondary N) is 2. The smallest absolute Gasteiger partial charge is 0.353 e. The molecule has 0 unspecified atom stereocenters. The Kier molecular flexibility index (Phi) is 6.01. The van der Waals surface area contributed by atoms with E-state index in [4.69, 9.17) is 4.74 Å². The Morgan fingerprint density at radius 2 is 1.52 bits per heavy atom. The third kappa shape index (κ3) is 4.82. The van der Waals surface area contributed by atoms with Gasteiger partial charge in [0.25, 0.3) is 0 Å². The second-order valence-electron chi connectivity index (χ2n) is 5.39. The highest BCUT2D eigenvalue weighted by Crippen LogP contribution is 2.33. The Hall–Kier alpha value is -2.95. The van der Waals surface area contributed by atoms with Crippen LogP contribution in [0.5, 0.6) is 5.75 Å². The van der Waals surface area contributed by atoms with Crippen molar-refractivity contribution in [1.82, 2.24) is 9.97 Å². The molecular formula is C18H16IN5O3. The molecule has 3 aromatic rings. The van der Waals surface area contributed by atoms with Gasteiger partial charge in [-0.05, 0) is 78.0 Å². The lowest BCUT2D eigenvalue weighted by Gasteiger charge is -2.11. The molecule has 3 rings (SSSR count). The van der Waals surface area contributed by atoms with Crippen molar-refractivity contribution in [2.75, 3.05) is 17.2 Å². The number of halogens is 1. The number of hydrogen-bond acceptors (Lipinski definition) is 7. The van der Waals surface area contributed by atoms with Crippen LogP contribution in [0.1, 0.15) is 6.92 Å². The fourth-order valence-electron chi connectivity index (χ4n) is 2.34. The van der Waals surface area contributed by atoms with E-state index in [0.717, 1.165) is 9.32 Å². The molecule has 1 aromatic heterocycles. The first-order chi connectivity index (χ1) is 13.1. The number of rotatable bonds is 7. The molecule has 8 nitrogen and oxygen atoms in total. The van der Waals surface area contributed by atoms with Crippen LogP contribution in [0.4, 0.5) is 28.7 Å². The standard InChI is InChI=1S/C18H16IN5O3/c1-2-27-15-9-7-14(8-10-15)23-18-16(24(25)26)17(20-11-21-18)22-13-5-3-12(19)4-6-13/h3-11H,2H2,1H3,(H2,20,21,22,23). The first-order valence-corrected chi connectivity index (χ1v) is 9.16. The van der Waals surface area contributed by atoms with E-state index in [9.17, 15) is 10.1 Å². The molecular weight excluding hydrogens is 461 g/mol. The minimum atomic E-state index is -0.508. The van der Waals surface area contributed by atoms with E-state index < -0.39 is 4.92 Å². The molecule has 9 heteroatoms. The van der Waals surface area contributed by atoms with Gasteiger partial charge in [0.05, 0.1) is 11.5 Å². The topological polar surface area (TPSA) is 102 Å². The van der Waals surface area contributed by atoms with Crippen LogP contribution < -0.4 is 15.4 Å². The Morgan fingerprint density at radius 3 is 2.00 bits per heavy atom. The van der Waals surface area contributed by atoms with E-state index in [1.165, 1.54) is 6.33 Å². The minimum absolute atomic E-state index is 0.104. The average Bonchev–Trinajstić information content (AvgIpc) is 2.65. The van der Waals surface area contributed by atoms with Crippen LogP contribution in [0.15, 0.2) is 54.9 Å². The average molecular weight is 477 g/mol. The van der Waals surface area contributed by atoms with Crippen LogP contribution in [0, 0.1) is 13.7 Å². The fraction of sp³-hybridized carbons (Fsp3) is 0.111. The summed E-state index contributed by atoms with van der Waals surface area (Å²) in [5, 5.41) is 17.6. The molecule has 27 heavy (non-hydrogen) atoms. The van der Waals surface area contributed by atoms with Crippen molar-refractivity contribution in [3.63, 3.8) is 0 Å². The van der Waals surface area contributed by atoms with Gasteiger partial charge in [-0.25, -0.2) is 9.97 Å². The van der Waals surface area contributed by atoms with Crippen LogP contribution >= 0.6 is 22.6 Å². The van der Waals surface area contributed by atoms with Crippen molar-refractivity contribution < 1.29 is 9.66 Å². The Bertz CT molecular complexity index is 933. The van der Waals surface area contributed by atoms with E-state index in [1.54, 1.807) is 24.3 Å². The summed E-state index contributed by atoms with van der Waals surface area (Å²) in [6, 6.07) is 14.5. The maximum Gasteiger partial charge on any atom is 0.353 e. The molecule has 0 saturated heterocycles. The van der Waals surface area contributed by atoms with Gasteiger partial charge >= 0.3 is 5.69 Å². The lowest BCUT2D eigenvalue weighted by molar-refractivity contribution is -0.383. The fourth-order valence-corrected chi connectivity index (χ4v) is 2.70. The molecule has 0 aliphatic rings. The van der Waals surface area contributed by atoms with E-state index in [-0.39, 0.29) is 17.3 Å². The summed E-state index contributed by atoms with van der Waals surface area (Å²) in [5.41, 5.74) is 1.12. The minimum Gasteiger partial charge on any atom is -0.494 e. The molecule has 2 N–H and O–H groups in total. The van der Waals surface area contributed by atoms with E-state index in [2.05, 4.69) is 43.2 Å². The number of nitro groups is 1. The van der Waals surface area contributed by atoms with Gasteiger partial charge in [-0.15, -0.1) is 0 Å². The SMILES string of the molecule is CCOc1ccc(Nc2ncnc(Nc3ccc(I)cc3)c2[N+](=O)[O-])cc1. The third-order valence-corrected chi connectivity index (χ3v) is 4.26. The van der Waals surface area contributed by atoms with Crippen molar-refractivity contribution in [3.05, 3.63) is 68.5 Å². The third-order valence-electron chi connectivity index (χ3n) is 3.54. The molecule has 1 heterocycles. The first kappa shape index (κ1) is 18.8. The second kappa shape index (κ2) is 8.62. The molecule has 0 bridgehead atoms. The van der Waals surface area contributed by atoms with Crippen molar-refractivity contribution in [2.45, 2.75) is 6.92 Å². The van der Waals surface area contributed by atoms with E-state index in [0.29, 0.717) is 18.0 Å². The summed E-state index contributed by atoms with van der Waals surface area (Å²) in [6.07, 6.45) is 1.28. The number of aromatic nitrogens is 2. The number of benzene rings is 2. The molecule has 0 amide bonds. The Balaban J connectivity index is 1.88. The van der Waals surface area contributed by atoms with Crippen LogP contribution in [-0.4, -0.2) is 21.5 Å². The maximum atomic E-state index is 11.6. The monoisotopic (exact) mass is 477 g/mol. The van der Waals surface area contributed by atoms with Crippen molar-refractivity contribution in [3.8, 4) is 5.75 Å². The highest BCUT2D eigenvalue weighted by molar-refractivity contribution is 14.1. The Labute approximate surface area is 169 Å². The van der Waals surface area contributed by atoms with Gasteiger partial charge in [0.15, 0.2) is 0 Å². The summed E-state index contributed by atoms with van der Waals surface area (Å²) in [6.45, 7) is 2.47. The summed E-state index contributed by atoms with van der Waals surface area (Å²) in [4.78, 5) is 19.2. The van der Waals surface area contributed by atoms with Crippen molar-refractivity contribution in [1.29, 1.82) is 0 Å². The highest BCUT2D eigenvalue weighted by Gasteiger charge is 2.23. The number of nitrogens with zero attached hydrogens (tertiary/aromatic N) is 3. The molecule has 0 saturated carbocycles. The molecule has 0 aliphatic carbocycles. The van der Waals surface area contributed by atoms with Crippen LogP contribution in [0.3, 0.4) is 0 Å². The molecule has 2 aromatic carbocycles. The van der Waals surface area contributed by atoms with Gasteiger partial charge in [0, 0.05) is 14.9 Å². The zero-order valence-electron chi connectivity index (χ0n) is 14.3. The molecule has 138 valence electrons. The second-order valence-corrected chi connectivity index (χ2v) is 6.64. The van der Waals surface area contributed by atoms with E-state index in [1.807, 2.05) is 31.2 Å². The summed E-state index contributed by atoms with van der Waals surface area (Å²) < 4.78 is 6.46. The summed E-state index contributed by atoms with van der Waals surface area (Å²) in [7, 11) is 0. The van der Waals surface area contributed by atoms with Gasteiger partial charge in [-0.1, -0.05) is 0 Å². The van der Waals surface area contributed by atoms with Crippen molar-refractivity contribution >= 4 is 51.3 Å². The predicted molar refractivity (Wildman–Crippen MR) is 112 cm³/mol. The van der Waals surface area contributed by atoms with Gasteiger partial charge in [-0.2, -0.15) is 0 Å². The molecule has 0 radical (unpaired) electrons. The van der Waals surface area contributed by atoms with Crippen LogP contribution in [0.25, 0.3) is 0 Å². The van der Waals surface area contributed by atoms with Crippen LogP contribution in [-0.2, 0) is 0 Å². The lowest BCUT2D eigenvalue weighted by atomic mass is 10.3. The molecule has 0 atom stereocenters. The van der Waals surface area contributed by atoms with Gasteiger partial charge in [-0.3, -0.25) is 10.1 Å². The maximum absolute atomic E-state index is 11.6. The lowest BCUT2D eigenvalue weighted by Crippen LogP contribution is -2.05. The van der Waals surface area contributed by atoms with Gasteiger partial charge in [0.2, 0.25) is 11.6 Å². The zero-order chi connectivity index (χ0) is 19.2. The van der Waals surface area contributed by atoms with Crippen molar-refractivity contribution in [2.24, 2.45) is 0 Å². The predicted octanol–water partition coefficient (Wildman–Crippen LogP) is 4.88. The normalized spacial score (nSPS) is 10.3. The first-order valence-electron chi connectivity index (χ1n) is 8.08. The molecule has 0 aliphatic heterocycles. The number of hydrogen-bond donors (Lipinski definition) is 2. The number of anilines is 4. The van der Waals surface area contributed by atoms with Crippen LogP contribution in [0.2, 0.25) is 0 Å². The summed E-state index contributed by atoms with van der Waals surface area (Å²) >= 11 is 2.19. The van der Waals surface area contributed by atoms with Gasteiger partial charge in [0.1, 0.15) is 12.1 Å². The van der Waals surface area contributed by atoms with Gasteiger partial charge < -0.3 is 15.4 Å². The molecule has 0 fully saturated rings. The largest absolute Gasteiger partial charge is 0.494 e. The molecule has 0 spiro atoms. The Morgan fingerprint density at radius 1 is 1.00 bits per heavy atom. The number of ether oxygens (including phenoxy) is 1. The quantitative estimate of drug-likeness (QED) is 0.284. The van der Waals surface area contributed by atoms with E-state index >= 15 is 0 Å². The highest BCUT2D eigenvalue weighted by atomic mass is 127. The summed E-state index contributed by atoms with van der Waals surface area (Å²) in [5.74, 6) is 0.943.